The molecule has 0 spiro atoms. The van der Waals surface area contributed by atoms with Gasteiger partial charge in [-0.1, -0.05) is 13.8 Å². The van der Waals surface area contributed by atoms with Crippen molar-refractivity contribution in [2.24, 2.45) is 0 Å². The Bertz CT molecular complexity index is 167. The van der Waals surface area contributed by atoms with Crippen LogP contribution in [0, 0.1) is 0 Å². The quantitative estimate of drug-likeness (QED) is 0.579. The summed E-state index contributed by atoms with van der Waals surface area (Å²) in [5.74, 6) is 0. The Balaban J connectivity index is 4.04. The highest BCUT2D eigenvalue weighted by atomic mass is 16.5. The van der Waals surface area contributed by atoms with Gasteiger partial charge in [-0.15, -0.1) is 0 Å². The third kappa shape index (κ3) is 8.03. The predicted octanol–water partition coefficient (Wildman–Crippen LogP) is 1.75. The number of hydrogen-bond acceptors (Lipinski definition) is 4. The number of rotatable bonds is 12. The van der Waals surface area contributed by atoms with Gasteiger partial charge in [0.2, 0.25) is 0 Å². The fourth-order valence-corrected chi connectivity index (χ4v) is 2.01. The molecule has 4 heteroatoms. The first-order chi connectivity index (χ1) is 8.69. The van der Waals surface area contributed by atoms with E-state index in [9.17, 15) is 0 Å². The van der Waals surface area contributed by atoms with Gasteiger partial charge >= 0.3 is 0 Å². The molecule has 0 aliphatic rings. The molecule has 0 heterocycles. The summed E-state index contributed by atoms with van der Waals surface area (Å²) >= 11 is 0. The highest BCUT2D eigenvalue weighted by Gasteiger charge is 2.14. The van der Waals surface area contributed by atoms with Crippen LogP contribution in [0.25, 0.3) is 0 Å². The summed E-state index contributed by atoms with van der Waals surface area (Å²) in [7, 11) is 3.50. The lowest BCUT2D eigenvalue weighted by Crippen LogP contribution is -2.45. The highest BCUT2D eigenvalue weighted by molar-refractivity contribution is 4.72. The van der Waals surface area contributed by atoms with Gasteiger partial charge in [-0.25, -0.2) is 0 Å². The van der Waals surface area contributed by atoms with Crippen LogP contribution in [-0.4, -0.2) is 64.1 Å². The fraction of sp³-hybridized carbons (Fsp3) is 1.00. The van der Waals surface area contributed by atoms with Gasteiger partial charge in [0.1, 0.15) is 0 Å². The minimum atomic E-state index is 0.510. The van der Waals surface area contributed by atoms with E-state index in [2.05, 4.69) is 31.0 Å². The van der Waals surface area contributed by atoms with Crippen molar-refractivity contribution in [1.29, 1.82) is 0 Å². The van der Waals surface area contributed by atoms with Crippen molar-refractivity contribution < 1.29 is 9.47 Å². The first-order valence-corrected chi connectivity index (χ1v) is 7.14. The molecule has 0 bridgehead atoms. The summed E-state index contributed by atoms with van der Waals surface area (Å²) in [5, 5.41) is 3.63. The molecule has 0 aromatic carbocycles. The molecule has 4 nitrogen and oxygen atoms in total. The molecule has 1 atom stereocenters. The van der Waals surface area contributed by atoms with Crippen molar-refractivity contribution in [2.45, 2.75) is 45.7 Å². The molecule has 1 N–H and O–H groups in total. The SMILES string of the molecule is CCC(CC)NCC(C)N(CCOC)CCOC. The van der Waals surface area contributed by atoms with Crippen LogP contribution in [0.4, 0.5) is 0 Å². The Morgan fingerprint density at radius 2 is 1.50 bits per heavy atom. The maximum absolute atomic E-state index is 5.17. The standard InChI is InChI=1S/C14H32N2O2/c1-6-14(7-2)15-12-13(3)16(8-10-17-4)9-11-18-5/h13-15H,6-12H2,1-5H3. The summed E-state index contributed by atoms with van der Waals surface area (Å²) in [5.41, 5.74) is 0. The van der Waals surface area contributed by atoms with E-state index in [1.54, 1.807) is 14.2 Å². The van der Waals surface area contributed by atoms with Crippen molar-refractivity contribution in [1.82, 2.24) is 10.2 Å². The second-order valence-corrected chi connectivity index (χ2v) is 4.79. The molecule has 0 fully saturated rings. The summed E-state index contributed by atoms with van der Waals surface area (Å²) < 4.78 is 10.3. The van der Waals surface area contributed by atoms with E-state index in [1.165, 1.54) is 12.8 Å². The molecule has 0 aliphatic heterocycles. The van der Waals surface area contributed by atoms with Crippen molar-refractivity contribution in [3.63, 3.8) is 0 Å². The zero-order valence-corrected chi connectivity index (χ0v) is 12.9. The number of ether oxygens (including phenoxy) is 2. The minimum absolute atomic E-state index is 0.510. The van der Waals surface area contributed by atoms with Gasteiger partial charge in [0.25, 0.3) is 0 Å². The van der Waals surface area contributed by atoms with Gasteiger partial charge in [0.05, 0.1) is 13.2 Å². The van der Waals surface area contributed by atoms with Gasteiger partial charge in [-0.05, 0) is 19.8 Å². The lowest BCUT2D eigenvalue weighted by Gasteiger charge is -2.30. The van der Waals surface area contributed by atoms with E-state index in [4.69, 9.17) is 9.47 Å². The smallest absolute Gasteiger partial charge is 0.0589 e. The number of nitrogens with one attached hydrogen (secondary N) is 1. The van der Waals surface area contributed by atoms with Gasteiger partial charge in [-0.2, -0.15) is 0 Å². The molecule has 0 radical (unpaired) electrons. The van der Waals surface area contributed by atoms with Crippen LogP contribution in [0.15, 0.2) is 0 Å². The van der Waals surface area contributed by atoms with Crippen molar-refractivity contribution >= 4 is 0 Å². The van der Waals surface area contributed by atoms with Crippen LogP contribution < -0.4 is 5.32 Å². The molecule has 1 unspecified atom stereocenters. The zero-order valence-electron chi connectivity index (χ0n) is 12.9. The normalized spacial score (nSPS) is 13.5. The molecule has 0 aromatic heterocycles. The average Bonchev–Trinajstić information content (AvgIpc) is 2.39. The predicted molar refractivity (Wildman–Crippen MR) is 77.2 cm³/mol. The lowest BCUT2D eigenvalue weighted by atomic mass is 10.1. The van der Waals surface area contributed by atoms with Crippen LogP contribution in [0.1, 0.15) is 33.6 Å². The van der Waals surface area contributed by atoms with Crippen LogP contribution in [0.3, 0.4) is 0 Å². The molecule has 0 saturated carbocycles. The topological polar surface area (TPSA) is 33.7 Å². The third-order valence-electron chi connectivity index (χ3n) is 3.48. The molecule has 0 rings (SSSR count). The maximum Gasteiger partial charge on any atom is 0.0589 e. The van der Waals surface area contributed by atoms with Crippen LogP contribution in [-0.2, 0) is 9.47 Å². The molecular formula is C14H32N2O2. The van der Waals surface area contributed by atoms with E-state index >= 15 is 0 Å². The fourth-order valence-electron chi connectivity index (χ4n) is 2.01. The van der Waals surface area contributed by atoms with Gasteiger partial charge in [-0.3, -0.25) is 4.90 Å². The van der Waals surface area contributed by atoms with Crippen molar-refractivity contribution in [2.75, 3.05) is 47.1 Å². The molecule has 110 valence electrons. The Labute approximate surface area is 113 Å². The highest BCUT2D eigenvalue weighted by Crippen LogP contribution is 2.01. The van der Waals surface area contributed by atoms with E-state index in [-0.39, 0.29) is 0 Å². The summed E-state index contributed by atoms with van der Waals surface area (Å²) in [6.07, 6.45) is 2.39. The largest absolute Gasteiger partial charge is 0.383 e. The van der Waals surface area contributed by atoms with Crippen LogP contribution in [0.5, 0.6) is 0 Å². The lowest BCUT2D eigenvalue weighted by molar-refractivity contribution is 0.0906. The summed E-state index contributed by atoms with van der Waals surface area (Å²) in [6.45, 7) is 11.2. The van der Waals surface area contributed by atoms with E-state index in [0.717, 1.165) is 32.8 Å². The number of methoxy groups -OCH3 is 2. The van der Waals surface area contributed by atoms with Crippen LogP contribution in [0.2, 0.25) is 0 Å². The zero-order chi connectivity index (χ0) is 13.8. The van der Waals surface area contributed by atoms with Gasteiger partial charge < -0.3 is 14.8 Å². The minimum Gasteiger partial charge on any atom is -0.383 e. The molecule has 0 aromatic rings. The molecular weight excluding hydrogens is 228 g/mol. The molecule has 18 heavy (non-hydrogen) atoms. The Kier molecular flexibility index (Phi) is 11.8. The van der Waals surface area contributed by atoms with Crippen molar-refractivity contribution in [3.05, 3.63) is 0 Å². The second kappa shape index (κ2) is 11.9. The third-order valence-corrected chi connectivity index (χ3v) is 3.48. The van der Waals surface area contributed by atoms with Crippen molar-refractivity contribution in [3.8, 4) is 0 Å². The van der Waals surface area contributed by atoms with E-state index in [1.807, 2.05) is 0 Å². The molecule has 0 aliphatic carbocycles. The Morgan fingerprint density at radius 3 is 1.89 bits per heavy atom. The van der Waals surface area contributed by atoms with Gasteiger partial charge in [0.15, 0.2) is 0 Å². The van der Waals surface area contributed by atoms with E-state index in [0.29, 0.717) is 12.1 Å². The Morgan fingerprint density at radius 1 is 1.00 bits per heavy atom. The first-order valence-electron chi connectivity index (χ1n) is 7.14. The van der Waals surface area contributed by atoms with Crippen LogP contribution >= 0.6 is 0 Å². The maximum atomic E-state index is 5.17. The Hall–Kier alpha value is -0.160. The number of hydrogen-bond donors (Lipinski definition) is 1. The number of nitrogens with zero attached hydrogens (tertiary/aromatic N) is 1. The monoisotopic (exact) mass is 260 g/mol. The molecule has 0 saturated heterocycles. The summed E-state index contributed by atoms with van der Waals surface area (Å²) in [6, 6.07) is 1.15. The van der Waals surface area contributed by atoms with Gasteiger partial charge in [0, 0.05) is 45.9 Å². The summed E-state index contributed by atoms with van der Waals surface area (Å²) in [4.78, 5) is 2.42. The second-order valence-electron chi connectivity index (χ2n) is 4.79. The molecule has 0 amide bonds. The van der Waals surface area contributed by atoms with E-state index < -0.39 is 0 Å². The average molecular weight is 260 g/mol. The first kappa shape index (κ1) is 17.8.